The fourth-order valence-corrected chi connectivity index (χ4v) is 3.23. The first-order valence-electron chi connectivity index (χ1n) is 9.44. The lowest BCUT2D eigenvalue weighted by Crippen LogP contribution is -2.42. The Labute approximate surface area is 173 Å². The maximum Gasteiger partial charge on any atom is 0.266 e. The van der Waals surface area contributed by atoms with Crippen LogP contribution in [-0.2, 0) is 10.2 Å². The van der Waals surface area contributed by atoms with Gasteiger partial charge in [0.15, 0.2) is 11.2 Å². The zero-order chi connectivity index (χ0) is 21.1. The number of hydrogen-bond donors (Lipinski definition) is 2. The van der Waals surface area contributed by atoms with Crippen LogP contribution in [0.15, 0.2) is 36.4 Å². The summed E-state index contributed by atoms with van der Waals surface area (Å²) in [7, 11) is 0. The van der Waals surface area contributed by atoms with Crippen molar-refractivity contribution in [2.75, 3.05) is 5.32 Å². The third-order valence-electron chi connectivity index (χ3n) is 4.55. The van der Waals surface area contributed by atoms with Gasteiger partial charge in [-0.25, -0.2) is 0 Å². The van der Waals surface area contributed by atoms with Gasteiger partial charge in [0.1, 0.15) is 5.75 Å². The largest absolute Gasteiger partial charge is 0.481 e. The highest BCUT2D eigenvalue weighted by Crippen LogP contribution is 2.25. The summed E-state index contributed by atoms with van der Waals surface area (Å²) >= 11 is 5.31. The number of benzene rings is 2. The minimum absolute atomic E-state index is 0.0750. The summed E-state index contributed by atoms with van der Waals surface area (Å²) in [6.07, 6.45) is -0.666. The van der Waals surface area contributed by atoms with Crippen molar-refractivity contribution in [1.82, 2.24) is 5.32 Å². The monoisotopic (exact) mass is 398 g/mol. The number of hydrogen-bond acceptors (Lipinski definition) is 3. The van der Waals surface area contributed by atoms with Crippen LogP contribution in [0, 0.1) is 20.8 Å². The molecule has 0 aromatic heterocycles. The van der Waals surface area contributed by atoms with E-state index in [1.807, 2.05) is 38.1 Å². The van der Waals surface area contributed by atoms with Crippen molar-refractivity contribution in [3.05, 3.63) is 58.7 Å². The molecule has 0 bridgehead atoms. The number of aryl methyl sites for hydroxylation is 3. The molecule has 2 rings (SSSR count). The molecule has 0 radical (unpaired) electrons. The molecule has 150 valence electrons. The molecule has 2 aromatic carbocycles. The minimum atomic E-state index is -0.666. The Morgan fingerprint density at radius 2 is 1.57 bits per heavy atom. The molecule has 0 aliphatic heterocycles. The topological polar surface area (TPSA) is 50.4 Å². The lowest BCUT2D eigenvalue weighted by molar-refractivity contribution is -0.125. The van der Waals surface area contributed by atoms with Crippen LogP contribution in [0.2, 0.25) is 0 Å². The summed E-state index contributed by atoms with van der Waals surface area (Å²) in [4.78, 5) is 12.4. The number of carbonyl (C=O) groups excluding carboxylic acids is 1. The predicted molar refractivity (Wildman–Crippen MR) is 120 cm³/mol. The zero-order valence-electron chi connectivity index (χ0n) is 17.8. The molecule has 1 amide bonds. The average molecular weight is 399 g/mol. The van der Waals surface area contributed by atoms with Crippen LogP contribution in [0.25, 0.3) is 0 Å². The van der Waals surface area contributed by atoms with Gasteiger partial charge in [-0.1, -0.05) is 50.6 Å². The van der Waals surface area contributed by atoms with Gasteiger partial charge in [-0.05, 0) is 74.2 Å². The van der Waals surface area contributed by atoms with E-state index in [9.17, 15) is 4.79 Å². The van der Waals surface area contributed by atoms with Gasteiger partial charge < -0.3 is 10.1 Å². The zero-order valence-corrected chi connectivity index (χ0v) is 18.6. The number of nitrogens with one attached hydrogen (secondary N) is 2. The minimum Gasteiger partial charge on any atom is -0.481 e. The Hall–Kier alpha value is -2.40. The summed E-state index contributed by atoms with van der Waals surface area (Å²) in [5, 5.41) is 6.10. The Morgan fingerprint density at radius 1 is 1.04 bits per heavy atom. The van der Waals surface area contributed by atoms with Gasteiger partial charge in [0.2, 0.25) is 0 Å². The second kappa shape index (κ2) is 8.74. The molecule has 0 aliphatic carbocycles. The standard InChI is InChI=1S/C23H30N2O2S/c1-14-12-15(2)20(16(3)13-14)24-22(28)25-21(26)17(4)27-19-10-8-18(9-11-19)23(5,6)7/h8-13,17H,1-7H3,(H2,24,25,26,28)/t17-/m0/s1. The maximum atomic E-state index is 12.4. The molecule has 0 heterocycles. The van der Waals surface area contributed by atoms with Crippen molar-refractivity contribution in [3.63, 3.8) is 0 Å². The van der Waals surface area contributed by atoms with Gasteiger partial charge >= 0.3 is 0 Å². The van der Waals surface area contributed by atoms with E-state index in [0.717, 1.165) is 16.8 Å². The SMILES string of the molecule is Cc1cc(C)c(NC(=S)NC(=O)[C@H](C)Oc2ccc(C(C)(C)C)cc2)c(C)c1. The van der Waals surface area contributed by atoms with E-state index in [1.54, 1.807) is 6.92 Å². The lowest BCUT2D eigenvalue weighted by Gasteiger charge is -2.20. The van der Waals surface area contributed by atoms with Crippen LogP contribution < -0.4 is 15.4 Å². The van der Waals surface area contributed by atoms with Gasteiger partial charge in [0.25, 0.3) is 5.91 Å². The molecule has 4 nitrogen and oxygen atoms in total. The Morgan fingerprint density at radius 3 is 2.07 bits per heavy atom. The van der Waals surface area contributed by atoms with Crippen molar-refractivity contribution in [1.29, 1.82) is 0 Å². The van der Waals surface area contributed by atoms with Crippen LogP contribution in [0.3, 0.4) is 0 Å². The first kappa shape index (κ1) is 21.9. The van der Waals surface area contributed by atoms with Gasteiger partial charge in [0.05, 0.1) is 0 Å². The molecule has 5 heteroatoms. The number of ether oxygens (including phenoxy) is 1. The van der Waals surface area contributed by atoms with E-state index >= 15 is 0 Å². The van der Waals surface area contributed by atoms with Crippen molar-refractivity contribution < 1.29 is 9.53 Å². The van der Waals surface area contributed by atoms with Crippen molar-refractivity contribution in [2.45, 2.75) is 60.0 Å². The third-order valence-corrected chi connectivity index (χ3v) is 4.76. The molecule has 28 heavy (non-hydrogen) atoms. The van der Waals surface area contributed by atoms with Gasteiger partial charge in [0, 0.05) is 5.69 Å². The normalized spacial score (nSPS) is 12.2. The van der Waals surface area contributed by atoms with Gasteiger partial charge in [-0.2, -0.15) is 0 Å². The molecule has 0 fully saturated rings. The quantitative estimate of drug-likeness (QED) is 0.696. The second-order valence-corrected chi connectivity index (χ2v) is 8.66. The number of carbonyl (C=O) groups is 1. The Balaban J connectivity index is 1.96. The van der Waals surface area contributed by atoms with Crippen LogP contribution in [0.5, 0.6) is 5.75 Å². The Bertz CT molecular complexity index is 844. The number of amides is 1. The highest BCUT2D eigenvalue weighted by atomic mass is 32.1. The molecule has 0 saturated heterocycles. The molecule has 0 spiro atoms. The van der Waals surface area contributed by atoms with Gasteiger partial charge in [-0.15, -0.1) is 0 Å². The van der Waals surface area contributed by atoms with Crippen LogP contribution in [-0.4, -0.2) is 17.1 Å². The third kappa shape index (κ3) is 5.80. The highest BCUT2D eigenvalue weighted by Gasteiger charge is 2.18. The van der Waals surface area contributed by atoms with E-state index < -0.39 is 6.10 Å². The molecule has 0 saturated carbocycles. The Kier molecular flexibility index (Phi) is 6.83. The van der Waals surface area contributed by atoms with Crippen LogP contribution >= 0.6 is 12.2 Å². The summed E-state index contributed by atoms with van der Waals surface area (Å²) in [6, 6.07) is 12.0. The molecule has 2 aromatic rings. The van der Waals surface area contributed by atoms with Crippen LogP contribution in [0.1, 0.15) is 49.9 Å². The van der Waals surface area contributed by atoms with Crippen molar-refractivity contribution in [3.8, 4) is 5.75 Å². The van der Waals surface area contributed by atoms with E-state index in [2.05, 4.69) is 50.5 Å². The fourth-order valence-electron chi connectivity index (χ4n) is 3.03. The first-order chi connectivity index (χ1) is 13.0. The first-order valence-corrected chi connectivity index (χ1v) is 9.85. The second-order valence-electron chi connectivity index (χ2n) is 8.25. The highest BCUT2D eigenvalue weighted by molar-refractivity contribution is 7.80. The molecular formula is C23H30N2O2S. The molecular weight excluding hydrogens is 368 g/mol. The average Bonchev–Trinajstić information content (AvgIpc) is 2.57. The summed E-state index contributed by atoms with van der Waals surface area (Å²) in [5.41, 5.74) is 5.56. The van der Waals surface area contributed by atoms with E-state index in [1.165, 1.54) is 11.1 Å². The van der Waals surface area contributed by atoms with E-state index in [4.69, 9.17) is 17.0 Å². The smallest absolute Gasteiger partial charge is 0.266 e. The molecule has 2 N–H and O–H groups in total. The van der Waals surface area contributed by atoms with Crippen molar-refractivity contribution >= 4 is 28.9 Å². The summed E-state index contributed by atoms with van der Waals surface area (Å²) in [6.45, 7) is 14.3. The summed E-state index contributed by atoms with van der Waals surface area (Å²) < 4.78 is 5.76. The number of anilines is 1. The predicted octanol–water partition coefficient (Wildman–Crippen LogP) is 5.19. The molecule has 0 aliphatic rings. The lowest BCUT2D eigenvalue weighted by atomic mass is 9.87. The van der Waals surface area contributed by atoms with Gasteiger partial charge in [-0.3, -0.25) is 10.1 Å². The van der Waals surface area contributed by atoms with Crippen LogP contribution in [0.4, 0.5) is 5.69 Å². The fraction of sp³-hybridized carbons (Fsp3) is 0.391. The van der Waals surface area contributed by atoms with Crippen molar-refractivity contribution in [2.24, 2.45) is 0 Å². The van der Waals surface area contributed by atoms with E-state index in [0.29, 0.717) is 5.75 Å². The molecule has 1 atom stereocenters. The number of rotatable bonds is 4. The summed E-state index contributed by atoms with van der Waals surface area (Å²) in [5.74, 6) is 0.361. The number of thiocarbonyl (C=S) groups is 1. The molecule has 0 unspecified atom stereocenters. The maximum absolute atomic E-state index is 12.4. The van der Waals surface area contributed by atoms with E-state index in [-0.39, 0.29) is 16.4 Å².